The lowest BCUT2D eigenvalue weighted by molar-refractivity contribution is 0.0783. The van der Waals surface area contributed by atoms with Crippen molar-refractivity contribution in [3.63, 3.8) is 0 Å². The van der Waals surface area contributed by atoms with Crippen molar-refractivity contribution in [2.24, 2.45) is 0 Å². The van der Waals surface area contributed by atoms with Crippen LogP contribution in [0.5, 0.6) is 0 Å². The van der Waals surface area contributed by atoms with E-state index >= 15 is 0 Å². The molecular weight excluding hydrogens is 378 g/mol. The van der Waals surface area contributed by atoms with Gasteiger partial charge in [-0.05, 0) is 46.1 Å². The summed E-state index contributed by atoms with van der Waals surface area (Å²) < 4.78 is 2.78. The summed E-state index contributed by atoms with van der Waals surface area (Å²) in [4.78, 5) is 14.3. The topological polar surface area (TPSA) is 38.1 Å². The molecule has 0 radical (unpaired) electrons. The van der Waals surface area contributed by atoms with Crippen molar-refractivity contribution in [2.75, 3.05) is 7.05 Å². The van der Waals surface area contributed by atoms with Crippen molar-refractivity contribution in [1.82, 2.24) is 14.7 Å². The molecule has 1 amide bonds. The van der Waals surface area contributed by atoms with Crippen molar-refractivity contribution >= 4 is 21.8 Å². The molecule has 0 N–H and O–H groups in total. The molecule has 0 saturated carbocycles. The molecule has 0 fully saturated rings. The molecule has 2 aromatic carbocycles. The Kier molecular flexibility index (Phi) is 5.34. The van der Waals surface area contributed by atoms with Crippen molar-refractivity contribution < 1.29 is 4.79 Å². The zero-order valence-electron chi connectivity index (χ0n) is 14.3. The van der Waals surface area contributed by atoms with E-state index in [9.17, 15) is 4.79 Å². The normalized spacial score (nSPS) is 10.7. The summed E-state index contributed by atoms with van der Waals surface area (Å²) in [5.41, 5.74) is 3.78. The highest BCUT2D eigenvalue weighted by atomic mass is 79.9. The molecule has 4 nitrogen and oxygen atoms in total. The number of nitrogens with zero attached hydrogens (tertiary/aromatic N) is 3. The van der Waals surface area contributed by atoms with E-state index in [4.69, 9.17) is 0 Å². The number of benzene rings is 2. The second-order valence-electron chi connectivity index (χ2n) is 5.88. The van der Waals surface area contributed by atoms with E-state index in [1.807, 2.05) is 60.3 Å². The number of aryl methyl sites for hydroxylation is 1. The van der Waals surface area contributed by atoms with Crippen LogP contribution in [0.4, 0.5) is 0 Å². The average Bonchev–Trinajstić information content (AvgIpc) is 3.01. The molecule has 0 bridgehead atoms. The molecule has 25 heavy (non-hydrogen) atoms. The van der Waals surface area contributed by atoms with Crippen LogP contribution in [0.3, 0.4) is 0 Å². The van der Waals surface area contributed by atoms with Gasteiger partial charge in [-0.3, -0.25) is 9.48 Å². The maximum absolute atomic E-state index is 12.7. The smallest absolute Gasteiger partial charge is 0.253 e. The number of carbonyl (C=O) groups is 1. The second-order valence-corrected chi connectivity index (χ2v) is 6.74. The first-order valence-corrected chi connectivity index (χ1v) is 9.00. The first-order chi connectivity index (χ1) is 12.1. The molecule has 0 aliphatic heterocycles. The molecule has 0 unspecified atom stereocenters. The molecule has 128 valence electrons. The van der Waals surface area contributed by atoms with Gasteiger partial charge in [0, 0.05) is 25.4 Å². The van der Waals surface area contributed by atoms with Crippen LogP contribution >= 0.6 is 15.9 Å². The van der Waals surface area contributed by atoms with Crippen LogP contribution < -0.4 is 0 Å². The van der Waals surface area contributed by atoms with Crippen LogP contribution in [0.1, 0.15) is 23.0 Å². The van der Waals surface area contributed by atoms with Gasteiger partial charge in [-0.15, -0.1) is 0 Å². The predicted octanol–water partition coefficient (Wildman–Crippen LogP) is 4.60. The highest BCUT2D eigenvalue weighted by Gasteiger charge is 2.15. The Morgan fingerprint density at radius 3 is 2.32 bits per heavy atom. The molecule has 5 heteroatoms. The molecular formula is C20H20BrN3O. The zero-order valence-corrected chi connectivity index (χ0v) is 15.9. The summed E-state index contributed by atoms with van der Waals surface area (Å²) in [7, 11) is 1.80. The molecule has 1 aromatic heterocycles. The van der Waals surface area contributed by atoms with Gasteiger partial charge in [-0.2, -0.15) is 5.10 Å². The van der Waals surface area contributed by atoms with Crippen LogP contribution in [0.25, 0.3) is 11.1 Å². The van der Waals surface area contributed by atoms with Gasteiger partial charge < -0.3 is 4.90 Å². The lowest BCUT2D eigenvalue weighted by atomic mass is 10.0. The van der Waals surface area contributed by atoms with Gasteiger partial charge >= 0.3 is 0 Å². The van der Waals surface area contributed by atoms with Crippen molar-refractivity contribution in [3.8, 4) is 11.1 Å². The molecule has 3 aromatic rings. The number of rotatable bonds is 5. The maximum atomic E-state index is 12.7. The largest absolute Gasteiger partial charge is 0.336 e. The Morgan fingerprint density at radius 2 is 1.72 bits per heavy atom. The van der Waals surface area contributed by atoms with Crippen LogP contribution in [0, 0.1) is 0 Å². The van der Waals surface area contributed by atoms with E-state index in [1.54, 1.807) is 11.9 Å². The fraction of sp³-hybridized carbons (Fsp3) is 0.200. The molecule has 0 aliphatic carbocycles. The third kappa shape index (κ3) is 3.99. The number of carbonyl (C=O) groups excluding carboxylic acids is 1. The van der Waals surface area contributed by atoms with Gasteiger partial charge in [0.2, 0.25) is 0 Å². The van der Waals surface area contributed by atoms with Crippen molar-refractivity contribution in [3.05, 3.63) is 76.5 Å². The van der Waals surface area contributed by atoms with Crippen molar-refractivity contribution in [2.45, 2.75) is 20.0 Å². The van der Waals surface area contributed by atoms with E-state index in [1.165, 1.54) is 0 Å². The van der Waals surface area contributed by atoms with E-state index in [0.717, 1.165) is 27.8 Å². The summed E-state index contributed by atoms with van der Waals surface area (Å²) >= 11 is 3.51. The Balaban J connectivity index is 1.72. The summed E-state index contributed by atoms with van der Waals surface area (Å²) in [5.74, 6) is -0.0161. The average molecular weight is 398 g/mol. The first kappa shape index (κ1) is 17.4. The van der Waals surface area contributed by atoms with E-state index < -0.39 is 0 Å². The van der Waals surface area contributed by atoms with E-state index in [0.29, 0.717) is 12.1 Å². The summed E-state index contributed by atoms with van der Waals surface area (Å²) in [6, 6.07) is 17.9. The quantitative estimate of drug-likeness (QED) is 0.630. The highest BCUT2D eigenvalue weighted by Crippen LogP contribution is 2.21. The van der Waals surface area contributed by atoms with Gasteiger partial charge in [-0.25, -0.2) is 0 Å². The van der Waals surface area contributed by atoms with Gasteiger partial charge in [0.25, 0.3) is 5.91 Å². The number of halogens is 1. The van der Waals surface area contributed by atoms with Gasteiger partial charge in [-0.1, -0.05) is 42.5 Å². The molecule has 0 saturated heterocycles. The third-order valence-electron chi connectivity index (χ3n) is 4.08. The molecule has 3 rings (SSSR count). The number of aromatic nitrogens is 2. The first-order valence-electron chi connectivity index (χ1n) is 8.21. The molecule has 1 heterocycles. The second kappa shape index (κ2) is 7.66. The standard InChI is InChI=1S/C20H20BrN3O/c1-3-24-13-18(21)19(22-24)14-23(2)20(25)17-11-9-16(10-12-17)15-7-5-4-6-8-15/h4-13H,3,14H2,1-2H3. The van der Waals surface area contributed by atoms with Crippen LogP contribution in [-0.4, -0.2) is 27.6 Å². The Hall–Kier alpha value is -2.40. The van der Waals surface area contributed by atoms with Gasteiger partial charge in [0.05, 0.1) is 16.7 Å². The van der Waals surface area contributed by atoms with Gasteiger partial charge in [0.15, 0.2) is 0 Å². The lowest BCUT2D eigenvalue weighted by Crippen LogP contribution is -2.26. The number of hydrogen-bond donors (Lipinski definition) is 0. The Labute approximate surface area is 156 Å². The van der Waals surface area contributed by atoms with Crippen LogP contribution in [-0.2, 0) is 13.1 Å². The molecule has 0 atom stereocenters. The lowest BCUT2D eigenvalue weighted by Gasteiger charge is -2.16. The monoisotopic (exact) mass is 397 g/mol. The Bertz CT molecular complexity index is 856. The van der Waals surface area contributed by atoms with E-state index in [2.05, 4.69) is 33.2 Å². The van der Waals surface area contributed by atoms with Crippen molar-refractivity contribution in [1.29, 1.82) is 0 Å². The summed E-state index contributed by atoms with van der Waals surface area (Å²) in [6.45, 7) is 3.30. The fourth-order valence-corrected chi connectivity index (χ4v) is 3.10. The minimum absolute atomic E-state index is 0.0161. The number of amides is 1. The molecule has 0 spiro atoms. The highest BCUT2D eigenvalue weighted by molar-refractivity contribution is 9.10. The maximum Gasteiger partial charge on any atom is 0.253 e. The minimum Gasteiger partial charge on any atom is -0.336 e. The van der Waals surface area contributed by atoms with Crippen LogP contribution in [0.2, 0.25) is 0 Å². The zero-order chi connectivity index (χ0) is 17.8. The fourth-order valence-electron chi connectivity index (χ4n) is 2.66. The Morgan fingerprint density at radius 1 is 1.08 bits per heavy atom. The van der Waals surface area contributed by atoms with Crippen LogP contribution in [0.15, 0.2) is 65.3 Å². The SMILES string of the molecule is CCn1cc(Br)c(CN(C)C(=O)c2ccc(-c3ccccc3)cc2)n1. The number of hydrogen-bond acceptors (Lipinski definition) is 2. The predicted molar refractivity (Wildman–Crippen MR) is 103 cm³/mol. The van der Waals surface area contributed by atoms with E-state index in [-0.39, 0.29) is 5.91 Å². The molecule has 0 aliphatic rings. The third-order valence-corrected chi connectivity index (χ3v) is 4.75. The summed E-state index contributed by atoms with van der Waals surface area (Å²) in [6.07, 6.45) is 1.93. The van der Waals surface area contributed by atoms with Gasteiger partial charge in [0.1, 0.15) is 0 Å². The minimum atomic E-state index is -0.0161. The summed E-state index contributed by atoms with van der Waals surface area (Å²) in [5, 5.41) is 4.47.